The number of imidazole rings is 1. The minimum absolute atomic E-state index is 0.0445. The van der Waals surface area contributed by atoms with Crippen molar-refractivity contribution in [2.45, 2.75) is 20.0 Å². The number of halogens is 1. The highest BCUT2D eigenvalue weighted by Crippen LogP contribution is 2.15. The van der Waals surface area contributed by atoms with Gasteiger partial charge in [-0.15, -0.1) is 0 Å². The number of rotatable bonds is 5. The molecule has 2 amide bonds. The van der Waals surface area contributed by atoms with Crippen molar-refractivity contribution in [3.05, 3.63) is 70.6 Å². The van der Waals surface area contributed by atoms with Crippen molar-refractivity contribution in [2.24, 2.45) is 0 Å². The zero-order valence-electron chi connectivity index (χ0n) is 16.8. The van der Waals surface area contributed by atoms with Gasteiger partial charge in [-0.2, -0.15) is 0 Å². The Labute approximate surface area is 180 Å². The summed E-state index contributed by atoms with van der Waals surface area (Å²) < 4.78 is 1.94. The highest BCUT2D eigenvalue weighted by Gasteiger charge is 2.22. The Hall–Kier alpha value is -2.90. The van der Waals surface area contributed by atoms with Crippen LogP contribution in [0.15, 0.2) is 48.8 Å². The molecule has 0 aliphatic carbocycles. The highest BCUT2D eigenvalue weighted by atomic mass is 35.5. The number of pyridine rings is 1. The molecule has 2 aromatic heterocycles. The Morgan fingerprint density at radius 3 is 2.47 bits per heavy atom. The van der Waals surface area contributed by atoms with Crippen molar-refractivity contribution in [2.75, 3.05) is 26.2 Å². The molecule has 0 spiro atoms. The smallest absolute Gasteiger partial charge is 0.253 e. The molecule has 3 heterocycles. The number of nitrogens with zero attached hydrogens (tertiary/aromatic N) is 4. The van der Waals surface area contributed by atoms with Gasteiger partial charge in [0.2, 0.25) is 5.91 Å². The Bertz CT molecular complexity index is 1060. The quantitative estimate of drug-likeness (QED) is 0.682. The summed E-state index contributed by atoms with van der Waals surface area (Å²) in [5.41, 5.74) is 3.52. The van der Waals surface area contributed by atoms with Gasteiger partial charge < -0.3 is 14.6 Å². The molecule has 1 aliphatic heterocycles. The van der Waals surface area contributed by atoms with Gasteiger partial charge in [0.25, 0.3) is 5.91 Å². The van der Waals surface area contributed by atoms with Crippen molar-refractivity contribution in [1.29, 1.82) is 0 Å². The highest BCUT2D eigenvalue weighted by molar-refractivity contribution is 6.30. The molecule has 1 aliphatic rings. The molecule has 8 heteroatoms. The van der Waals surface area contributed by atoms with Crippen LogP contribution in [-0.4, -0.2) is 57.2 Å². The van der Waals surface area contributed by atoms with Gasteiger partial charge in [-0.1, -0.05) is 23.7 Å². The van der Waals surface area contributed by atoms with Crippen molar-refractivity contribution in [3.63, 3.8) is 0 Å². The van der Waals surface area contributed by atoms with Crippen LogP contribution in [-0.2, 0) is 17.9 Å². The van der Waals surface area contributed by atoms with E-state index in [0.29, 0.717) is 30.2 Å². The van der Waals surface area contributed by atoms with Crippen LogP contribution in [0, 0.1) is 0 Å². The molecule has 0 saturated carbocycles. The molecule has 7 nitrogen and oxygen atoms in total. The van der Waals surface area contributed by atoms with Crippen LogP contribution in [0.1, 0.15) is 28.5 Å². The van der Waals surface area contributed by atoms with Gasteiger partial charge in [0.15, 0.2) is 0 Å². The van der Waals surface area contributed by atoms with E-state index in [4.69, 9.17) is 11.6 Å². The first-order valence-electron chi connectivity index (χ1n) is 9.96. The number of nitrogens with one attached hydrogen (secondary N) is 1. The lowest BCUT2D eigenvalue weighted by Crippen LogP contribution is -2.48. The van der Waals surface area contributed by atoms with Gasteiger partial charge in [-0.25, -0.2) is 4.98 Å². The molecular formula is C22H24ClN5O2. The number of carbonyl (C=O) groups is 2. The number of piperazine rings is 1. The van der Waals surface area contributed by atoms with Gasteiger partial charge in [0.05, 0.1) is 10.7 Å². The summed E-state index contributed by atoms with van der Waals surface area (Å²) in [6.07, 6.45) is 3.85. The Balaban J connectivity index is 1.31. The van der Waals surface area contributed by atoms with Crippen LogP contribution in [0.5, 0.6) is 0 Å². The topological polar surface area (TPSA) is 70.0 Å². The predicted molar refractivity (Wildman–Crippen MR) is 115 cm³/mol. The molecule has 0 atom stereocenters. The van der Waals surface area contributed by atoms with E-state index in [1.165, 1.54) is 6.92 Å². The molecule has 1 aromatic carbocycles. The minimum atomic E-state index is -0.0690. The molecule has 30 heavy (non-hydrogen) atoms. The molecule has 0 bridgehead atoms. The SMILES string of the molecule is CC(=O)NCc1ccc(C(=O)N2CCN(Cc3cn4cc(Cl)ccc4n3)CC2)cc1. The standard InChI is InChI=1S/C22H24ClN5O2/c1-16(29)24-12-17-2-4-18(5-3-17)22(30)27-10-8-26(9-11-27)14-20-15-28-13-19(23)6-7-21(28)25-20/h2-7,13,15H,8-12,14H2,1H3,(H,24,29). The molecule has 0 radical (unpaired) electrons. The summed E-state index contributed by atoms with van der Waals surface area (Å²) in [5.74, 6) is -0.0245. The van der Waals surface area contributed by atoms with Crippen LogP contribution in [0.3, 0.4) is 0 Å². The maximum Gasteiger partial charge on any atom is 0.253 e. The maximum atomic E-state index is 12.8. The predicted octanol–water partition coefficient (Wildman–Crippen LogP) is 2.58. The van der Waals surface area contributed by atoms with E-state index in [9.17, 15) is 9.59 Å². The molecular weight excluding hydrogens is 402 g/mol. The molecule has 156 valence electrons. The molecule has 1 fully saturated rings. The van der Waals surface area contributed by atoms with Crippen LogP contribution >= 0.6 is 11.6 Å². The van der Waals surface area contributed by atoms with Crippen LogP contribution in [0.4, 0.5) is 0 Å². The number of amides is 2. The molecule has 0 unspecified atom stereocenters. The van der Waals surface area contributed by atoms with Crippen LogP contribution in [0.2, 0.25) is 5.02 Å². The third-order valence-corrected chi connectivity index (χ3v) is 5.48. The summed E-state index contributed by atoms with van der Waals surface area (Å²) in [4.78, 5) is 32.7. The fraction of sp³-hybridized carbons (Fsp3) is 0.318. The van der Waals surface area contributed by atoms with Crippen LogP contribution < -0.4 is 5.32 Å². The summed E-state index contributed by atoms with van der Waals surface area (Å²) >= 11 is 6.04. The van der Waals surface area contributed by atoms with E-state index in [-0.39, 0.29) is 11.8 Å². The number of fused-ring (bicyclic) bond motifs is 1. The minimum Gasteiger partial charge on any atom is -0.352 e. The Morgan fingerprint density at radius 2 is 1.77 bits per heavy atom. The first-order valence-corrected chi connectivity index (χ1v) is 10.3. The zero-order chi connectivity index (χ0) is 21.1. The van der Waals surface area contributed by atoms with Gasteiger partial charge in [-0.3, -0.25) is 14.5 Å². The molecule has 1 N–H and O–H groups in total. The molecule has 1 saturated heterocycles. The normalized spacial score (nSPS) is 14.8. The van der Waals surface area contributed by atoms with E-state index in [1.807, 2.05) is 58.1 Å². The van der Waals surface area contributed by atoms with Gasteiger partial charge in [0, 0.05) is 64.1 Å². The number of benzene rings is 1. The third-order valence-electron chi connectivity index (χ3n) is 5.25. The second-order valence-corrected chi connectivity index (χ2v) is 7.96. The van der Waals surface area contributed by atoms with E-state index in [1.54, 1.807) is 0 Å². The number of aromatic nitrogens is 2. The second kappa shape index (κ2) is 8.85. The Kier molecular flexibility index (Phi) is 6.01. The van der Waals surface area contributed by atoms with Crippen molar-refractivity contribution < 1.29 is 9.59 Å². The number of hydrogen-bond acceptors (Lipinski definition) is 4. The number of carbonyl (C=O) groups excluding carboxylic acids is 2. The lowest BCUT2D eigenvalue weighted by atomic mass is 10.1. The fourth-order valence-electron chi connectivity index (χ4n) is 3.61. The van der Waals surface area contributed by atoms with Crippen molar-refractivity contribution >= 4 is 29.1 Å². The Morgan fingerprint density at radius 1 is 1.03 bits per heavy atom. The zero-order valence-corrected chi connectivity index (χ0v) is 17.6. The van der Waals surface area contributed by atoms with Gasteiger partial charge in [-0.05, 0) is 29.8 Å². The first kappa shape index (κ1) is 20.4. The fourth-order valence-corrected chi connectivity index (χ4v) is 3.77. The van der Waals surface area contributed by atoms with Crippen LogP contribution in [0.25, 0.3) is 5.65 Å². The lowest BCUT2D eigenvalue weighted by Gasteiger charge is -2.34. The molecule has 4 rings (SSSR count). The van der Waals surface area contributed by atoms with E-state index in [0.717, 1.165) is 36.5 Å². The number of hydrogen-bond donors (Lipinski definition) is 1. The summed E-state index contributed by atoms with van der Waals surface area (Å²) in [6.45, 7) is 5.69. The van der Waals surface area contributed by atoms with E-state index < -0.39 is 0 Å². The summed E-state index contributed by atoms with van der Waals surface area (Å²) in [6, 6.07) is 11.2. The van der Waals surface area contributed by atoms with E-state index >= 15 is 0 Å². The van der Waals surface area contributed by atoms with Crippen molar-refractivity contribution in [3.8, 4) is 0 Å². The third kappa shape index (κ3) is 4.80. The summed E-state index contributed by atoms with van der Waals surface area (Å²) in [7, 11) is 0. The average molecular weight is 426 g/mol. The lowest BCUT2D eigenvalue weighted by molar-refractivity contribution is -0.119. The largest absolute Gasteiger partial charge is 0.352 e. The average Bonchev–Trinajstić information content (AvgIpc) is 3.14. The van der Waals surface area contributed by atoms with Gasteiger partial charge in [0.1, 0.15) is 5.65 Å². The van der Waals surface area contributed by atoms with Crippen molar-refractivity contribution in [1.82, 2.24) is 24.5 Å². The monoisotopic (exact) mass is 425 g/mol. The first-order chi connectivity index (χ1) is 14.5. The maximum absolute atomic E-state index is 12.8. The van der Waals surface area contributed by atoms with Gasteiger partial charge >= 0.3 is 0 Å². The summed E-state index contributed by atoms with van der Waals surface area (Å²) in [5, 5.41) is 3.44. The molecule has 3 aromatic rings. The van der Waals surface area contributed by atoms with E-state index in [2.05, 4.69) is 15.2 Å². The second-order valence-electron chi connectivity index (χ2n) is 7.52.